The summed E-state index contributed by atoms with van der Waals surface area (Å²) < 4.78 is 34.6. The first kappa shape index (κ1) is 19.4. The molecule has 1 N–H and O–H groups in total. The van der Waals surface area contributed by atoms with Gasteiger partial charge in [0.15, 0.2) is 11.6 Å². The van der Waals surface area contributed by atoms with E-state index in [1.54, 1.807) is 12.1 Å². The maximum absolute atomic E-state index is 14.1. The number of rotatable bonds is 3. The van der Waals surface area contributed by atoms with E-state index in [4.69, 9.17) is 16.3 Å². The van der Waals surface area contributed by atoms with E-state index >= 15 is 0 Å². The van der Waals surface area contributed by atoms with Crippen LogP contribution in [0, 0.1) is 11.6 Å². The second-order valence-electron chi connectivity index (χ2n) is 6.55. The van der Waals surface area contributed by atoms with Crippen molar-refractivity contribution in [3.05, 3.63) is 69.0 Å². The fraction of sp³-hybridized carbons (Fsp3) is 0.200. The number of hydrogen-bond donors (Lipinski definition) is 1. The van der Waals surface area contributed by atoms with Gasteiger partial charge in [0, 0.05) is 30.7 Å². The van der Waals surface area contributed by atoms with Crippen molar-refractivity contribution in [2.75, 3.05) is 31.2 Å². The highest BCUT2D eigenvalue weighted by molar-refractivity contribution is 6.35. The lowest BCUT2D eigenvalue weighted by Crippen LogP contribution is -2.36. The van der Waals surface area contributed by atoms with Crippen LogP contribution < -0.4 is 10.3 Å². The zero-order chi connectivity index (χ0) is 20.7. The summed E-state index contributed by atoms with van der Waals surface area (Å²) in [5.41, 5.74) is -0.224. The van der Waals surface area contributed by atoms with Crippen LogP contribution in [0.15, 0.2) is 41.3 Å². The molecule has 0 spiro atoms. The normalized spacial score (nSPS) is 14.4. The molecule has 0 aliphatic carbocycles. The van der Waals surface area contributed by atoms with Crippen LogP contribution in [0.3, 0.4) is 0 Å². The van der Waals surface area contributed by atoms with E-state index in [1.165, 1.54) is 4.57 Å². The van der Waals surface area contributed by atoms with Gasteiger partial charge in [-0.25, -0.2) is 13.6 Å². The Balaban J connectivity index is 1.92. The predicted octanol–water partition coefficient (Wildman–Crippen LogP) is 3.46. The van der Waals surface area contributed by atoms with Crippen molar-refractivity contribution in [2.24, 2.45) is 0 Å². The number of nitrogens with zero attached hydrogens (tertiary/aromatic N) is 2. The van der Waals surface area contributed by atoms with E-state index in [0.717, 1.165) is 25.0 Å². The largest absolute Gasteiger partial charge is 0.477 e. The molecule has 1 aliphatic rings. The number of aromatic carboxylic acids is 1. The quantitative estimate of drug-likeness (QED) is 0.657. The first-order valence-electron chi connectivity index (χ1n) is 8.78. The molecule has 0 amide bonds. The fourth-order valence-electron chi connectivity index (χ4n) is 3.39. The van der Waals surface area contributed by atoms with Crippen LogP contribution in [0.25, 0.3) is 16.6 Å². The van der Waals surface area contributed by atoms with Crippen molar-refractivity contribution in [3.8, 4) is 5.69 Å². The van der Waals surface area contributed by atoms with Gasteiger partial charge in [-0.3, -0.25) is 4.79 Å². The zero-order valence-electron chi connectivity index (χ0n) is 15.0. The van der Waals surface area contributed by atoms with Crippen LogP contribution in [-0.2, 0) is 4.74 Å². The summed E-state index contributed by atoms with van der Waals surface area (Å²) in [4.78, 5) is 26.1. The van der Waals surface area contributed by atoms with Gasteiger partial charge in [0.25, 0.3) is 0 Å². The number of pyridine rings is 1. The molecule has 0 bridgehead atoms. The van der Waals surface area contributed by atoms with Gasteiger partial charge < -0.3 is 19.3 Å². The molecule has 150 valence electrons. The fourth-order valence-corrected chi connectivity index (χ4v) is 3.68. The number of aromatic nitrogens is 1. The molecule has 0 saturated carbocycles. The molecule has 2 heterocycles. The highest BCUT2D eigenvalue weighted by Gasteiger charge is 2.22. The zero-order valence-corrected chi connectivity index (χ0v) is 15.7. The summed E-state index contributed by atoms with van der Waals surface area (Å²) in [6.07, 6.45) is 1.07. The smallest absolute Gasteiger partial charge is 0.341 e. The van der Waals surface area contributed by atoms with Crippen molar-refractivity contribution >= 4 is 34.2 Å². The average Bonchev–Trinajstić information content (AvgIpc) is 2.73. The maximum Gasteiger partial charge on any atom is 0.341 e. The highest BCUT2D eigenvalue weighted by Crippen LogP contribution is 2.30. The van der Waals surface area contributed by atoms with E-state index in [-0.39, 0.29) is 10.9 Å². The third-order valence-electron chi connectivity index (χ3n) is 4.86. The minimum atomic E-state index is -1.48. The predicted molar refractivity (Wildman–Crippen MR) is 104 cm³/mol. The molecule has 3 aromatic rings. The number of carboxylic acid groups (broad SMARTS) is 1. The number of ether oxygens (including phenoxy) is 1. The standard InChI is InChI=1S/C20H15ClF2N2O4/c21-16-17(23)15(22)9-13-18(16)25(10-14(19(13)26)20(27)28)12-3-1-11(2-4-12)24-5-7-29-8-6-24/h1-4,9-10H,5-8H2,(H,27,28). The molecule has 4 rings (SSSR count). The second kappa shape index (κ2) is 7.46. The molecule has 1 fully saturated rings. The van der Waals surface area contributed by atoms with Gasteiger partial charge in [-0.15, -0.1) is 0 Å². The number of carboxylic acids is 1. The van der Waals surface area contributed by atoms with Gasteiger partial charge in [0.2, 0.25) is 5.43 Å². The molecule has 1 aliphatic heterocycles. The monoisotopic (exact) mass is 420 g/mol. The molecule has 2 aromatic carbocycles. The topological polar surface area (TPSA) is 71.8 Å². The number of carbonyl (C=O) groups is 1. The van der Waals surface area contributed by atoms with Crippen LogP contribution in [0.2, 0.25) is 5.02 Å². The number of hydrogen-bond acceptors (Lipinski definition) is 4. The van der Waals surface area contributed by atoms with E-state index in [0.29, 0.717) is 25.0 Å². The van der Waals surface area contributed by atoms with Gasteiger partial charge in [0.05, 0.1) is 24.1 Å². The Kier molecular flexibility index (Phi) is 4.97. The molecule has 6 nitrogen and oxygen atoms in total. The van der Waals surface area contributed by atoms with Gasteiger partial charge in [-0.2, -0.15) is 0 Å². The molecule has 9 heteroatoms. The van der Waals surface area contributed by atoms with Gasteiger partial charge in [-0.05, 0) is 30.3 Å². The Bertz CT molecular complexity index is 1170. The van der Waals surface area contributed by atoms with Crippen molar-refractivity contribution in [2.45, 2.75) is 0 Å². The summed E-state index contributed by atoms with van der Waals surface area (Å²) in [6, 6.07) is 7.69. The third-order valence-corrected chi connectivity index (χ3v) is 5.20. The number of benzene rings is 2. The van der Waals surface area contributed by atoms with E-state index < -0.39 is 33.6 Å². The minimum Gasteiger partial charge on any atom is -0.477 e. The van der Waals surface area contributed by atoms with Crippen LogP contribution in [0.4, 0.5) is 14.5 Å². The molecular weight excluding hydrogens is 406 g/mol. The summed E-state index contributed by atoms with van der Waals surface area (Å²) >= 11 is 6.00. The van der Waals surface area contributed by atoms with Crippen molar-refractivity contribution < 1.29 is 23.4 Å². The summed E-state index contributed by atoms with van der Waals surface area (Å²) in [7, 11) is 0. The molecule has 29 heavy (non-hydrogen) atoms. The average molecular weight is 421 g/mol. The highest BCUT2D eigenvalue weighted by atomic mass is 35.5. The minimum absolute atomic E-state index is 0.0975. The Morgan fingerprint density at radius 3 is 2.34 bits per heavy atom. The first-order valence-corrected chi connectivity index (χ1v) is 9.15. The Labute approximate surface area is 168 Å². The van der Waals surface area contributed by atoms with Crippen molar-refractivity contribution in [1.29, 1.82) is 0 Å². The van der Waals surface area contributed by atoms with E-state index in [2.05, 4.69) is 4.90 Å². The van der Waals surface area contributed by atoms with Crippen LogP contribution in [0.5, 0.6) is 0 Å². The summed E-state index contributed by atoms with van der Waals surface area (Å²) in [5.74, 6) is -4.10. The molecule has 1 saturated heterocycles. The van der Waals surface area contributed by atoms with Gasteiger partial charge in [0.1, 0.15) is 10.6 Å². The van der Waals surface area contributed by atoms with Gasteiger partial charge in [-0.1, -0.05) is 11.6 Å². The first-order chi connectivity index (χ1) is 13.9. The van der Waals surface area contributed by atoms with Crippen LogP contribution in [0.1, 0.15) is 10.4 Å². The number of fused-ring (bicyclic) bond motifs is 1. The van der Waals surface area contributed by atoms with Crippen molar-refractivity contribution in [1.82, 2.24) is 4.57 Å². The molecular formula is C20H15ClF2N2O4. The Morgan fingerprint density at radius 2 is 1.72 bits per heavy atom. The van der Waals surface area contributed by atoms with Gasteiger partial charge >= 0.3 is 5.97 Å². The molecule has 0 radical (unpaired) electrons. The molecule has 0 unspecified atom stereocenters. The van der Waals surface area contributed by atoms with Crippen molar-refractivity contribution in [3.63, 3.8) is 0 Å². The van der Waals surface area contributed by atoms with Crippen LogP contribution in [-0.4, -0.2) is 41.9 Å². The lowest BCUT2D eigenvalue weighted by atomic mass is 10.1. The Morgan fingerprint density at radius 1 is 1.10 bits per heavy atom. The SMILES string of the molecule is O=C(O)c1cn(-c2ccc(N3CCOCC3)cc2)c2c(Cl)c(F)c(F)cc2c1=O. The number of morpholine rings is 1. The van der Waals surface area contributed by atoms with Crippen LogP contribution >= 0.6 is 11.6 Å². The number of halogens is 3. The third kappa shape index (κ3) is 3.34. The molecule has 0 atom stereocenters. The van der Waals surface area contributed by atoms with E-state index in [1.807, 2.05) is 12.1 Å². The number of anilines is 1. The lowest BCUT2D eigenvalue weighted by Gasteiger charge is -2.29. The van der Waals surface area contributed by atoms with E-state index in [9.17, 15) is 23.5 Å². The summed E-state index contributed by atoms with van der Waals surface area (Å²) in [6.45, 7) is 2.71. The summed E-state index contributed by atoms with van der Waals surface area (Å²) in [5, 5.41) is 8.47. The Hall–Kier alpha value is -2.97. The lowest BCUT2D eigenvalue weighted by molar-refractivity contribution is 0.0695. The molecule has 1 aromatic heterocycles. The second-order valence-corrected chi connectivity index (χ2v) is 6.92. The maximum atomic E-state index is 14.1.